The predicted octanol–water partition coefficient (Wildman–Crippen LogP) is 4.16. The highest BCUT2D eigenvalue weighted by molar-refractivity contribution is 5.88. The van der Waals surface area contributed by atoms with Gasteiger partial charge in [-0.25, -0.2) is 0 Å². The van der Waals surface area contributed by atoms with Gasteiger partial charge in [0.1, 0.15) is 11.9 Å². The molecule has 0 aromatic heterocycles. The van der Waals surface area contributed by atoms with E-state index in [-0.39, 0.29) is 12.2 Å². The second-order valence-electron chi connectivity index (χ2n) is 5.79. The summed E-state index contributed by atoms with van der Waals surface area (Å²) < 4.78 is 6.16. The third-order valence-electron chi connectivity index (χ3n) is 4.47. The summed E-state index contributed by atoms with van der Waals surface area (Å²) in [6.45, 7) is 2.22. The van der Waals surface area contributed by atoms with Gasteiger partial charge in [0.15, 0.2) is 0 Å². The van der Waals surface area contributed by atoms with Crippen LogP contribution in [0.5, 0.6) is 5.75 Å². The molecule has 2 nitrogen and oxygen atoms in total. The van der Waals surface area contributed by atoms with E-state index in [1.807, 2.05) is 24.3 Å². The van der Waals surface area contributed by atoms with E-state index in [4.69, 9.17) is 4.74 Å². The van der Waals surface area contributed by atoms with Gasteiger partial charge in [0, 0.05) is 5.39 Å². The van der Waals surface area contributed by atoms with Crippen molar-refractivity contribution in [1.29, 1.82) is 0 Å². The zero-order chi connectivity index (χ0) is 13.9. The average Bonchev–Trinajstić information content (AvgIpc) is 2.50. The van der Waals surface area contributed by atoms with Crippen molar-refractivity contribution in [3.05, 3.63) is 42.5 Å². The topological polar surface area (TPSA) is 29.5 Å². The van der Waals surface area contributed by atoms with Crippen LogP contribution in [0.25, 0.3) is 10.8 Å². The highest BCUT2D eigenvalue weighted by Gasteiger charge is 2.30. The third kappa shape index (κ3) is 2.66. The monoisotopic (exact) mass is 270 g/mol. The lowest BCUT2D eigenvalue weighted by Crippen LogP contribution is -2.38. The van der Waals surface area contributed by atoms with E-state index in [0.29, 0.717) is 5.92 Å². The van der Waals surface area contributed by atoms with Crippen LogP contribution in [0.4, 0.5) is 0 Å². The van der Waals surface area contributed by atoms with E-state index >= 15 is 0 Å². The molecule has 3 unspecified atom stereocenters. The van der Waals surface area contributed by atoms with Crippen LogP contribution >= 0.6 is 0 Å². The van der Waals surface area contributed by atoms with Crippen molar-refractivity contribution in [2.24, 2.45) is 5.92 Å². The molecule has 2 heteroatoms. The Balaban J connectivity index is 1.85. The first-order valence-corrected chi connectivity index (χ1v) is 7.60. The van der Waals surface area contributed by atoms with Crippen LogP contribution in [-0.4, -0.2) is 17.3 Å². The average molecular weight is 270 g/mol. The number of aliphatic hydroxyl groups is 1. The lowest BCUT2D eigenvalue weighted by Gasteiger charge is -2.33. The largest absolute Gasteiger partial charge is 0.487 e. The van der Waals surface area contributed by atoms with E-state index in [1.165, 1.54) is 11.8 Å². The number of benzene rings is 2. The highest BCUT2D eigenvalue weighted by Crippen LogP contribution is 2.32. The molecule has 0 aliphatic heterocycles. The van der Waals surface area contributed by atoms with E-state index in [9.17, 15) is 5.11 Å². The maximum absolute atomic E-state index is 10.2. The molecule has 2 aromatic rings. The van der Waals surface area contributed by atoms with Crippen molar-refractivity contribution in [1.82, 2.24) is 0 Å². The van der Waals surface area contributed by atoms with Crippen LogP contribution in [0.2, 0.25) is 0 Å². The molecule has 0 saturated heterocycles. The minimum absolute atomic E-state index is 0.0699. The van der Waals surface area contributed by atoms with Gasteiger partial charge in [-0.1, -0.05) is 49.7 Å². The molecule has 0 heterocycles. The lowest BCUT2D eigenvalue weighted by atomic mass is 9.84. The fourth-order valence-corrected chi connectivity index (χ4v) is 3.15. The first-order valence-electron chi connectivity index (χ1n) is 7.60. The molecule has 2 aromatic carbocycles. The molecule has 0 radical (unpaired) electrons. The molecular weight excluding hydrogens is 248 g/mol. The summed E-state index contributed by atoms with van der Waals surface area (Å²) >= 11 is 0. The van der Waals surface area contributed by atoms with E-state index in [1.54, 1.807) is 0 Å². The van der Waals surface area contributed by atoms with Crippen molar-refractivity contribution in [2.45, 2.75) is 44.8 Å². The Labute approximate surface area is 120 Å². The van der Waals surface area contributed by atoms with Crippen molar-refractivity contribution in [3.8, 4) is 5.75 Å². The third-order valence-corrected chi connectivity index (χ3v) is 4.47. The van der Waals surface area contributed by atoms with Crippen LogP contribution in [0.1, 0.15) is 32.6 Å². The van der Waals surface area contributed by atoms with Gasteiger partial charge in [-0.2, -0.15) is 0 Å². The Morgan fingerprint density at radius 1 is 1.10 bits per heavy atom. The second-order valence-corrected chi connectivity index (χ2v) is 5.79. The zero-order valence-electron chi connectivity index (χ0n) is 12.0. The van der Waals surface area contributed by atoms with Gasteiger partial charge in [-0.15, -0.1) is 0 Å². The van der Waals surface area contributed by atoms with Crippen LogP contribution in [-0.2, 0) is 0 Å². The minimum Gasteiger partial charge on any atom is -0.487 e. The van der Waals surface area contributed by atoms with Crippen LogP contribution in [0.15, 0.2) is 42.5 Å². The van der Waals surface area contributed by atoms with Gasteiger partial charge in [-0.3, -0.25) is 0 Å². The Hall–Kier alpha value is -1.54. The normalized spacial score (nSPS) is 26.6. The molecule has 0 spiro atoms. The Kier molecular flexibility index (Phi) is 3.93. The molecule has 3 atom stereocenters. The van der Waals surface area contributed by atoms with Gasteiger partial charge in [0.2, 0.25) is 0 Å². The number of ether oxygens (including phenoxy) is 1. The number of hydrogen-bond acceptors (Lipinski definition) is 2. The number of fused-ring (bicyclic) bond motifs is 1. The van der Waals surface area contributed by atoms with Crippen molar-refractivity contribution < 1.29 is 9.84 Å². The van der Waals surface area contributed by atoms with Gasteiger partial charge < -0.3 is 9.84 Å². The molecule has 1 aliphatic rings. The quantitative estimate of drug-likeness (QED) is 0.907. The summed E-state index contributed by atoms with van der Waals surface area (Å²) in [5.41, 5.74) is 0. The van der Waals surface area contributed by atoms with E-state index in [0.717, 1.165) is 30.4 Å². The Morgan fingerprint density at radius 3 is 2.75 bits per heavy atom. The smallest absolute Gasteiger partial charge is 0.127 e. The Morgan fingerprint density at radius 2 is 1.90 bits per heavy atom. The summed E-state index contributed by atoms with van der Waals surface area (Å²) in [5, 5.41) is 12.5. The molecule has 20 heavy (non-hydrogen) atoms. The van der Waals surface area contributed by atoms with E-state index in [2.05, 4.69) is 25.1 Å². The van der Waals surface area contributed by atoms with Crippen LogP contribution in [0.3, 0.4) is 0 Å². The molecular formula is C18H22O2. The predicted molar refractivity (Wildman–Crippen MR) is 82.0 cm³/mol. The SMILES string of the molecule is CCC1CCC(O)C(Oc2cccc3ccccc23)C1. The fourth-order valence-electron chi connectivity index (χ4n) is 3.15. The summed E-state index contributed by atoms with van der Waals surface area (Å²) in [7, 11) is 0. The van der Waals surface area contributed by atoms with Crippen molar-refractivity contribution in [3.63, 3.8) is 0 Å². The molecule has 0 amide bonds. The van der Waals surface area contributed by atoms with Gasteiger partial charge in [-0.05, 0) is 36.6 Å². The molecule has 1 N–H and O–H groups in total. The lowest BCUT2D eigenvalue weighted by molar-refractivity contribution is -0.0101. The van der Waals surface area contributed by atoms with Crippen molar-refractivity contribution >= 4 is 10.8 Å². The van der Waals surface area contributed by atoms with Gasteiger partial charge in [0.05, 0.1) is 6.10 Å². The van der Waals surface area contributed by atoms with Gasteiger partial charge in [0.25, 0.3) is 0 Å². The zero-order valence-corrected chi connectivity index (χ0v) is 12.0. The molecule has 0 bridgehead atoms. The maximum atomic E-state index is 10.2. The molecule has 3 rings (SSSR count). The van der Waals surface area contributed by atoms with Crippen LogP contribution in [0, 0.1) is 5.92 Å². The minimum atomic E-state index is -0.336. The fraction of sp³-hybridized carbons (Fsp3) is 0.444. The van der Waals surface area contributed by atoms with Gasteiger partial charge >= 0.3 is 0 Å². The Bertz CT molecular complexity index is 573. The highest BCUT2D eigenvalue weighted by atomic mass is 16.5. The summed E-state index contributed by atoms with van der Waals surface area (Å²) in [6, 6.07) is 14.4. The summed E-state index contributed by atoms with van der Waals surface area (Å²) in [4.78, 5) is 0. The molecule has 1 fully saturated rings. The molecule has 1 aliphatic carbocycles. The maximum Gasteiger partial charge on any atom is 0.127 e. The molecule has 106 valence electrons. The summed E-state index contributed by atoms with van der Waals surface area (Å²) in [6.07, 6.45) is 3.69. The summed E-state index contributed by atoms with van der Waals surface area (Å²) in [5.74, 6) is 1.57. The standard InChI is InChI=1S/C18H22O2/c1-2-13-10-11-16(19)18(12-13)20-17-9-5-7-14-6-3-4-8-15(14)17/h3-9,13,16,18-19H,2,10-12H2,1H3. The van der Waals surface area contributed by atoms with Crippen molar-refractivity contribution in [2.75, 3.05) is 0 Å². The van der Waals surface area contributed by atoms with Crippen LogP contribution < -0.4 is 4.74 Å². The first-order chi connectivity index (χ1) is 9.78. The number of hydrogen-bond donors (Lipinski definition) is 1. The van der Waals surface area contributed by atoms with E-state index < -0.39 is 0 Å². The number of rotatable bonds is 3. The first kappa shape index (κ1) is 13.4. The number of aliphatic hydroxyl groups excluding tert-OH is 1. The second kappa shape index (κ2) is 5.84. The molecule has 1 saturated carbocycles.